The zero-order valence-electron chi connectivity index (χ0n) is 28.3. The van der Waals surface area contributed by atoms with E-state index in [9.17, 15) is 14.4 Å². The summed E-state index contributed by atoms with van der Waals surface area (Å²) in [6.07, 6.45) is 2.70. The van der Waals surface area contributed by atoms with Crippen LogP contribution in [-0.2, 0) is 16.1 Å². The number of rotatable bonds is 10. The van der Waals surface area contributed by atoms with E-state index in [1.54, 1.807) is 87.8 Å². The Balaban J connectivity index is 1.76. The van der Waals surface area contributed by atoms with Gasteiger partial charge in [0.2, 0.25) is 5.75 Å². The van der Waals surface area contributed by atoms with E-state index >= 15 is 0 Å². The summed E-state index contributed by atoms with van der Waals surface area (Å²) in [6, 6.07) is 18.6. The number of hydrogen-bond donors (Lipinski definition) is 1. The highest BCUT2D eigenvalue weighted by atomic mass is 16.6. The summed E-state index contributed by atoms with van der Waals surface area (Å²) in [5.41, 5.74) is 1.26. The molecule has 0 radical (unpaired) electrons. The number of anilines is 1. The van der Waals surface area contributed by atoms with Crippen LogP contribution in [0, 0.1) is 0 Å². The van der Waals surface area contributed by atoms with Crippen LogP contribution in [0.3, 0.4) is 0 Å². The highest BCUT2D eigenvalue weighted by Crippen LogP contribution is 2.44. The van der Waals surface area contributed by atoms with E-state index in [-0.39, 0.29) is 17.7 Å². The number of carbonyl (C=O) groups is 2. The molecule has 1 N–H and O–H groups in total. The second kappa shape index (κ2) is 14.4. The number of ether oxygens (including phenoxy) is 6. The topological polar surface area (TPSA) is 136 Å². The van der Waals surface area contributed by atoms with E-state index in [0.29, 0.717) is 50.9 Å². The van der Waals surface area contributed by atoms with Crippen molar-refractivity contribution in [3.8, 4) is 39.8 Å². The number of nitrogens with one attached hydrogen (secondary N) is 1. The van der Waals surface area contributed by atoms with Crippen LogP contribution in [0.5, 0.6) is 23.0 Å². The maximum Gasteiger partial charge on any atom is 0.412 e. The van der Waals surface area contributed by atoms with Crippen molar-refractivity contribution in [3.05, 3.63) is 101 Å². The maximum atomic E-state index is 14.5. The molecule has 12 heteroatoms. The van der Waals surface area contributed by atoms with E-state index in [4.69, 9.17) is 28.4 Å². The molecule has 0 aliphatic rings. The van der Waals surface area contributed by atoms with Gasteiger partial charge >= 0.3 is 12.1 Å². The van der Waals surface area contributed by atoms with Gasteiger partial charge in [-0.15, -0.1) is 0 Å². The Kier molecular flexibility index (Phi) is 10.1. The van der Waals surface area contributed by atoms with Gasteiger partial charge in [-0.1, -0.05) is 0 Å². The van der Waals surface area contributed by atoms with Crippen LogP contribution in [-0.4, -0.2) is 55.7 Å². The highest BCUT2D eigenvalue weighted by molar-refractivity contribution is 6.08. The molecule has 5 rings (SSSR count). The minimum atomic E-state index is -0.767. The fourth-order valence-electron chi connectivity index (χ4n) is 5.28. The molecule has 0 saturated carbocycles. The quantitative estimate of drug-likeness (QED) is 0.159. The minimum absolute atomic E-state index is 0.0485. The number of hydrogen-bond acceptors (Lipinski definition) is 10. The molecule has 0 atom stereocenters. The van der Waals surface area contributed by atoms with Crippen molar-refractivity contribution < 1.29 is 38.0 Å². The Hall–Kier alpha value is -6.04. The normalized spacial score (nSPS) is 11.1. The van der Waals surface area contributed by atoms with Gasteiger partial charge in [0.25, 0.3) is 5.56 Å². The lowest BCUT2D eigenvalue weighted by molar-refractivity contribution is 0.0589. The van der Waals surface area contributed by atoms with E-state index in [1.807, 2.05) is 12.1 Å². The number of nitrogens with zero attached hydrogens (tertiary/aromatic N) is 2. The van der Waals surface area contributed by atoms with Gasteiger partial charge in [-0.3, -0.25) is 19.7 Å². The monoisotopic (exact) mass is 667 g/mol. The lowest BCUT2D eigenvalue weighted by atomic mass is 9.95. The van der Waals surface area contributed by atoms with Crippen molar-refractivity contribution in [2.75, 3.05) is 33.8 Å². The molecule has 0 unspecified atom stereocenters. The molecular weight excluding hydrogens is 630 g/mol. The Morgan fingerprint density at radius 1 is 0.816 bits per heavy atom. The van der Waals surface area contributed by atoms with Crippen LogP contribution in [0.2, 0.25) is 0 Å². The number of pyridine rings is 2. The smallest absolute Gasteiger partial charge is 0.412 e. The Morgan fingerprint density at radius 3 is 2.04 bits per heavy atom. The third-order valence-electron chi connectivity index (χ3n) is 7.41. The van der Waals surface area contributed by atoms with E-state index in [2.05, 4.69) is 10.3 Å². The summed E-state index contributed by atoms with van der Waals surface area (Å²) in [4.78, 5) is 44.6. The largest absolute Gasteiger partial charge is 0.493 e. The van der Waals surface area contributed by atoms with E-state index < -0.39 is 23.2 Å². The standard InChI is InChI=1S/C37H37N3O9/c1-37(2,3)49-36(43)39-24-8-10-25(11-9-24)40-32(35(42)47-7)31(23-18-29(44-4)33(46-6)30(19-23)45-5)27-13-12-26(20-28(27)34(40)41)48-21-22-14-16-38-17-15-22/h8-20H,21H2,1-7H3,(H,39,43). The Morgan fingerprint density at radius 2 is 1.47 bits per heavy atom. The fourth-order valence-corrected chi connectivity index (χ4v) is 5.28. The zero-order chi connectivity index (χ0) is 35.3. The predicted octanol–water partition coefficient (Wildman–Crippen LogP) is 6.79. The second-order valence-electron chi connectivity index (χ2n) is 11.8. The van der Waals surface area contributed by atoms with Gasteiger partial charge in [-0.25, -0.2) is 9.59 Å². The number of amides is 1. The molecule has 0 saturated heterocycles. The van der Waals surface area contributed by atoms with Gasteiger partial charge in [0.05, 0.1) is 33.8 Å². The summed E-state index contributed by atoms with van der Waals surface area (Å²) in [5, 5.41) is 3.40. The zero-order valence-corrected chi connectivity index (χ0v) is 28.3. The molecule has 12 nitrogen and oxygen atoms in total. The summed E-state index contributed by atoms with van der Waals surface area (Å²) in [7, 11) is 5.70. The number of aromatic nitrogens is 2. The first-order valence-electron chi connectivity index (χ1n) is 15.2. The van der Waals surface area contributed by atoms with Crippen LogP contribution in [0.25, 0.3) is 27.6 Å². The molecule has 0 fully saturated rings. The first kappa shape index (κ1) is 34.3. The van der Waals surface area contributed by atoms with Gasteiger partial charge in [-0.2, -0.15) is 0 Å². The molecule has 5 aromatic rings. The van der Waals surface area contributed by atoms with Gasteiger partial charge < -0.3 is 28.4 Å². The first-order valence-corrected chi connectivity index (χ1v) is 15.2. The third kappa shape index (κ3) is 7.43. The molecule has 0 bridgehead atoms. The van der Waals surface area contributed by atoms with Crippen LogP contribution < -0.4 is 29.8 Å². The number of methoxy groups -OCH3 is 4. The number of esters is 1. The summed E-state index contributed by atoms with van der Waals surface area (Å²) in [6.45, 7) is 5.53. The Bertz CT molecular complexity index is 2030. The lowest BCUT2D eigenvalue weighted by Crippen LogP contribution is -2.27. The average Bonchev–Trinajstić information content (AvgIpc) is 3.09. The number of fused-ring (bicyclic) bond motifs is 1. The molecule has 1 amide bonds. The molecule has 49 heavy (non-hydrogen) atoms. The predicted molar refractivity (Wildman–Crippen MR) is 184 cm³/mol. The number of carbonyl (C=O) groups excluding carboxylic acids is 2. The van der Waals surface area contributed by atoms with Crippen LogP contribution in [0.1, 0.15) is 36.8 Å². The van der Waals surface area contributed by atoms with Crippen molar-refractivity contribution in [2.45, 2.75) is 33.0 Å². The molecule has 0 spiro atoms. The molecule has 0 aliphatic heterocycles. The summed E-state index contributed by atoms with van der Waals surface area (Å²) >= 11 is 0. The molecule has 254 valence electrons. The molecular formula is C37H37N3O9. The average molecular weight is 668 g/mol. The van der Waals surface area contributed by atoms with Crippen molar-refractivity contribution >= 4 is 28.5 Å². The second-order valence-corrected chi connectivity index (χ2v) is 11.8. The van der Waals surface area contributed by atoms with Crippen LogP contribution in [0.4, 0.5) is 10.5 Å². The fraction of sp³-hybridized carbons (Fsp3) is 0.243. The highest BCUT2D eigenvalue weighted by Gasteiger charge is 2.27. The molecule has 2 heterocycles. The maximum absolute atomic E-state index is 14.5. The van der Waals surface area contributed by atoms with Crippen molar-refractivity contribution in [3.63, 3.8) is 0 Å². The van der Waals surface area contributed by atoms with E-state index in [1.165, 1.54) is 33.0 Å². The minimum Gasteiger partial charge on any atom is -0.493 e. The van der Waals surface area contributed by atoms with Crippen LogP contribution >= 0.6 is 0 Å². The van der Waals surface area contributed by atoms with Crippen molar-refractivity contribution in [2.24, 2.45) is 0 Å². The Labute approximate surface area is 283 Å². The van der Waals surface area contributed by atoms with Crippen molar-refractivity contribution in [1.29, 1.82) is 0 Å². The summed E-state index contributed by atoms with van der Waals surface area (Å²) < 4.78 is 34.7. The summed E-state index contributed by atoms with van der Waals surface area (Å²) in [5.74, 6) is 0.705. The van der Waals surface area contributed by atoms with E-state index in [0.717, 1.165) is 5.56 Å². The first-order chi connectivity index (χ1) is 23.5. The van der Waals surface area contributed by atoms with Crippen molar-refractivity contribution in [1.82, 2.24) is 9.55 Å². The van der Waals surface area contributed by atoms with Gasteiger partial charge in [0.1, 0.15) is 23.7 Å². The molecule has 0 aliphatic carbocycles. The SMILES string of the molecule is COC(=O)c1c(-c2cc(OC)c(OC)c(OC)c2)c2ccc(OCc3ccncc3)cc2c(=O)n1-c1ccc(NC(=O)OC(C)(C)C)cc1. The van der Waals surface area contributed by atoms with Gasteiger partial charge in [0, 0.05) is 29.3 Å². The molecule has 2 aromatic heterocycles. The lowest BCUT2D eigenvalue weighted by Gasteiger charge is -2.21. The van der Waals surface area contributed by atoms with Gasteiger partial charge in [-0.05, 0) is 104 Å². The van der Waals surface area contributed by atoms with Crippen LogP contribution in [0.15, 0.2) is 83.9 Å². The number of benzene rings is 3. The van der Waals surface area contributed by atoms with Gasteiger partial charge in [0.15, 0.2) is 11.5 Å². The molecule has 3 aromatic carbocycles. The third-order valence-corrected chi connectivity index (χ3v) is 7.41.